The minimum absolute atomic E-state index is 0.0246. The molecule has 1 heterocycles. The Bertz CT molecular complexity index is 903. The predicted molar refractivity (Wildman–Crippen MR) is 88.3 cm³/mol. The predicted octanol–water partition coefficient (Wildman–Crippen LogP) is 2.88. The van der Waals surface area contributed by atoms with Crippen molar-refractivity contribution >= 4 is 11.7 Å². The molecular weight excluding hydrogens is 340 g/mol. The molecule has 0 atom stereocenters. The van der Waals surface area contributed by atoms with E-state index in [0.717, 1.165) is 0 Å². The molecule has 132 valence electrons. The van der Waals surface area contributed by atoms with E-state index in [4.69, 9.17) is 19.5 Å². The Morgan fingerprint density at radius 1 is 1.31 bits per heavy atom. The van der Waals surface area contributed by atoms with Gasteiger partial charge in [0, 0.05) is 23.3 Å². The molecule has 0 amide bonds. The van der Waals surface area contributed by atoms with Gasteiger partial charge in [-0.3, -0.25) is 10.1 Å². The molecule has 8 heteroatoms. The number of ether oxygens (including phenoxy) is 3. The fraction of sp³-hybridized carbons (Fsp3) is 0.222. The van der Waals surface area contributed by atoms with Crippen LogP contribution in [0.15, 0.2) is 36.4 Å². The van der Waals surface area contributed by atoms with E-state index in [1.165, 1.54) is 12.1 Å². The Morgan fingerprint density at radius 3 is 2.88 bits per heavy atom. The maximum absolute atomic E-state index is 12.4. The molecule has 8 nitrogen and oxygen atoms in total. The highest BCUT2D eigenvalue weighted by Crippen LogP contribution is 2.33. The van der Waals surface area contributed by atoms with Crippen LogP contribution in [-0.4, -0.2) is 17.7 Å². The zero-order chi connectivity index (χ0) is 18.5. The van der Waals surface area contributed by atoms with E-state index < -0.39 is 10.9 Å². The first kappa shape index (κ1) is 17.4. The van der Waals surface area contributed by atoms with E-state index >= 15 is 0 Å². The quantitative estimate of drug-likeness (QED) is 0.461. The molecule has 0 aliphatic carbocycles. The van der Waals surface area contributed by atoms with Crippen molar-refractivity contribution in [3.8, 4) is 11.8 Å². The number of carbonyl (C=O) groups is 1. The lowest BCUT2D eigenvalue weighted by molar-refractivity contribution is -0.385. The summed E-state index contributed by atoms with van der Waals surface area (Å²) in [5, 5.41) is 20.0. The minimum Gasteiger partial charge on any atom is -0.467 e. The normalized spacial score (nSPS) is 12.4. The smallest absolute Gasteiger partial charge is 0.338 e. The van der Waals surface area contributed by atoms with Crippen LogP contribution in [-0.2, 0) is 29.1 Å². The molecule has 2 aromatic carbocycles. The Balaban J connectivity index is 1.84. The molecule has 0 unspecified atom stereocenters. The molecule has 0 saturated carbocycles. The van der Waals surface area contributed by atoms with E-state index in [2.05, 4.69) is 0 Å². The van der Waals surface area contributed by atoms with Crippen molar-refractivity contribution in [1.29, 1.82) is 5.26 Å². The zero-order valence-electron chi connectivity index (χ0n) is 13.6. The third-order valence-electron chi connectivity index (χ3n) is 3.85. The first-order valence-corrected chi connectivity index (χ1v) is 7.73. The maximum atomic E-state index is 12.4. The summed E-state index contributed by atoms with van der Waals surface area (Å²) in [5.74, 6) is -0.178. The van der Waals surface area contributed by atoms with Crippen molar-refractivity contribution in [3.05, 3.63) is 68.8 Å². The number of nitro benzene ring substituents is 1. The van der Waals surface area contributed by atoms with Gasteiger partial charge in [-0.05, 0) is 11.6 Å². The van der Waals surface area contributed by atoms with Crippen LogP contribution in [0.1, 0.15) is 27.0 Å². The van der Waals surface area contributed by atoms with Gasteiger partial charge in [0.25, 0.3) is 5.69 Å². The second-order valence-corrected chi connectivity index (χ2v) is 5.53. The number of hydrogen-bond donors (Lipinski definition) is 0. The average Bonchev–Trinajstić information content (AvgIpc) is 2.66. The number of rotatable bonds is 5. The number of carbonyl (C=O) groups excluding carboxylic acids is 1. The lowest BCUT2D eigenvalue weighted by Crippen LogP contribution is -2.15. The van der Waals surface area contributed by atoms with Crippen LogP contribution < -0.4 is 4.74 Å². The van der Waals surface area contributed by atoms with Crippen LogP contribution >= 0.6 is 0 Å². The van der Waals surface area contributed by atoms with Gasteiger partial charge < -0.3 is 14.2 Å². The first-order valence-electron chi connectivity index (χ1n) is 7.73. The zero-order valence-corrected chi connectivity index (χ0v) is 13.6. The largest absolute Gasteiger partial charge is 0.467 e. The Labute approximate surface area is 148 Å². The average molecular weight is 354 g/mol. The van der Waals surface area contributed by atoms with Crippen LogP contribution in [0.25, 0.3) is 0 Å². The number of hydrogen-bond acceptors (Lipinski definition) is 7. The topological polar surface area (TPSA) is 112 Å². The van der Waals surface area contributed by atoms with Crippen LogP contribution in [0, 0.1) is 21.4 Å². The summed E-state index contributed by atoms with van der Waals surface area (Å²) in [6.07, 6.45) is 0.0813. The molecule has 2 aromatic rings. The summed E-state index contributed by atoms with van der Waals surface area (Å²) in [5.41, 5.74) is 1.64. The summed E-state index contributed by atoms with van der Waals surface area (Å²) in [6.45, 7) is 0.0173. The monoisotopic (exact) mass is 354 g/mol. The number of benzene rings is 2. The van der Waals surface area contributed by atoms with Gasteiger partial charge in [0.1, 0.15) is 12.4 Å². The molecule has 1 aliphatic rings. The molecule has 0 N–H and O–H groups in total. The lowest BCUT2D eigenvalue weighted by Gasteiger charge is -2.20. The number of non-ortho nitro benzene ring substituents is 1. The highest BCUT2D eigenvalue weighted by Gasteiger charge is 2.22. The highest BCUT2D eigenvalue weighted by atomic mass is 16.7. The molecule has 0 fully saturated rings. The van der Waals surface area contributed by atoms with Gasteiger partial charge in [-0.15, -0.1) is 0 Å². The second kappa shape index (κ2) is 7.63. The molecule has 1 aliphatic heterocycles. The molecule has 0 spiro atoms. The first-order chi connectivity index (χ1) is 12.6. The molecule has 0 radical (unpaired) electrons. The van der Waals surface area contributed by atoms with E-state index in [-0.39, 0.29) is 37.7 Å². The molecule has 0 aromatic heterocycles. The summed E-state index contributed by atoms with van der Waals surface area (Å²) < 4.78 is 15.9. The van der Waals surface area contributed by atoms with Gasteiger partial charge in [0.2, 0.25) is 0 Å². The van der Waals surface area contributed by atoms with Gasteiger partial charge in [-0.1, -0.05) is 18.2 Å². The van der Waals surface area contributed by atoms with Crippen molar-refractivity contribution in [1.82, 2.24) is 0 Å². The van der Waals surface area contributed by atoms with E-state index in [0.29, 0.717) is 22.4 Å². The number of esters is 1. The fourth-order valence-corrected chi connectivity index (χ4v) is 2.67. The summed E-state index contributed by atoms with van der Waals surface area (Å²) in [7, 11) is 0. The highest BCUT2D eigenvalue weighted by molar-refractivity contribution is 5.91. The molecule has 26 heavy (non-hydrogen) atoms. The minimum atomic E-state index is -0.608. The third-order valence-corrected chi connectivity index (χ3v) is 3.85. The molecule has 3 rings (SSSR count). The van der Waals surface area contributed by atoms with Crippen LogP contribution in [0.3, 0.4) is 0 Å². The lowest BCUT2D eigenvalue weighted by atomic mass is 10.1. The van der Waals surface area contributed by atoms with Gasteiger partial charge in [0.15, 0.2) is 6.79 Å². The SMILES string of the molecule is N#CCc1ccccc1C(=O)OCc1cc([N+](=O)[O-])cc2c1OCOC2. The van der Waals surface area contributed by atoms with E-state index in [1.54, 1.807) is 24.3 Å². The summed E-state index contributed by atoms with van der Waals surface area (Å²) >= 11 is 0. The van der Waals surface area contributed by atoms with Gasteiger partial charge in [0.05, 0.1) is 29.6 Å². The van der Waals surface area contributed by atoms with Crippen LogP contribution in [0.5, 0.6) is 5.75 Å². The molecular formula is C18H14N2O6. The Kier molecular flexibility index (Phi) is 5.10. The van der Waals surface area contributed by atoms with Gasteiger partial charge >= 0.3 is 5.97 Å². The molecule has 0 bridgehead atoms. The number of nitrogens with zero attached hydrogens (tertiary/aromatic N) is 2. The maximum Gasteiger partial charge on any atom is 0.338 e. The second-order valence-electron chi connectivity index (χ2n) is 5.53. The number of nitriles is 1. The van der Waals surface area contributed by atoms with Crippen molar-refractivity contribution in [2.45, 2.75) is 19.6 Å². The van der Waals surface area contributed by atoms with E-state index in [9.17, 15) is 14.9 Å². The van der Waals surface area contributed by atoms with Gasteiger partial charge in [-0.2, -0.15) is 5.26 Å². The van der Waals surface area contributed by atoms with Crippen molar-refractivity contribution in [2.75, 3.05) is 6.79 Å². The number of fused-ring (bicyclic) bond motifs is 1. The standard InChI is InChI=1S/C18H14N2O6/c19-6-5-12-3-1-2-4-16(12)18(21)25-10-14-8-15(20(22)23)7-13-9-24-11-26-17(13)14/h1-4,7-8H,5,9-11H2. The van der Waals surface area contributed by atoms with Crippen molar-refractivity contribution in [2.24, 2.45) is 0 Å². The van der Waals surface area contributed by atoms with Crippen molar-refractivity contribution < 1.29 is 23.9 Å². The summed E-state index contributed by atoms with van der Waals surface area (Å²) in [4.78, 5) is 22.9. The van der Waals surface area contributed by atoms with E-state index in [1.807, 2.05) is 6.07 Å². The third kappa shape index (κ3) is 3.63. The van der Waals surface area contributed by atoms with Gasteiger partial charge in [-0.25, -0.2) is 4.79 Å². The Morgan fingerprint density at radius 2 is 2.12 bits per heavy atom. The number of nitro groups is 1. The Hall–Kier alpha value is -3.44. The summed E-state index contributed by atoms with van der Waals surface area (Å²) in [6, 6.07) is 11.3. The fourth-order valence-electron chi connectivity index (χ4n) is 2.67. The molecule has 0 saturated heterocycles. The van der Waals surface area contributed by atoms with Crippen LogP contribution in [0.2, 0.25) is 0 Å². The van der Waals surface area contributed by atoms with Crippen LogP contribution in [0.4, 0.5) is 5.69 Å². The van der Waals surface area contributed by atoms with Crippen molar-refractivity contribution in [3.63, 3.8) is 0 Å².